The van der Waals surface area contributed by atoms with Crippen LogP contribution in [0.5, 0.6) is 0 Å². The molecule has 2 nitrogen and oxygen atoms in total. The molecule has 0 saturated carbocycles. The highest BCUT2D eigenvalue weighted by atomic mass is 16.5. The Morgan fingerprint density at radius 3 is 2.87 bits per heavy atom. The highest BCUT2D eigenvalue weighted by Crippen LogP contribution is 2.27. The molecule has 0 radical (unpaired) electrons. The van der Waals surface area contributed by atoms with E-state index in [9.17, 15) is 0 Å². The second kappa shape index (κ2) is 6.87. The van der Waals surface area contributed by atoms with E-state index in [1.165, 1.54) is 6.42 Å². The highest BCUT2D eigenvalue weighted by Gasteiger charge is 2.32. The molecule has 0 bridgehead atoms. The van der Waals surface area contributed by atoms with Gasteiger partial charge in [-0.15, -0.1) is 11.8 Å². The lowest BCUT2D eigenvalue weighted by Crippen LogP contribution is -2.39. The minimum absolute atomic E-state index is 0.438. The van der Waals surface area contributed by atoms with Crippen molar-refractivity contribution in [3.63, 3.8) is 0 Å². The van der Waals surface area contributed by atoms with E-state index >= 15 is 0 Å². The fourth-order valence-electron chi connectivity index (χ4n) is 2.40. The van der Waals surface area contributed by atoms with E-state index in [1.54, 1.807) is 0 Å². The first-order valence-corrected chi connectivity index (χ1v) is 6.08. The van der Waals surface area contributed by atoms with E-state index in [1.807, 2.05) is 6.92 Å². The van der Waals surface area contributed by atoms with Gasteiger partial charge in [0.1, 0.15) is 0 Å². The number of hydrogen-bond donors (Lipinski definition) is 1. The van der Waals surface area contributed by atoms with Gasteiger partial charge in [0.15, 0.2) is 0 Å². The van der Waals surface area contributed by atoms with E-state index in [-0.39, 0.29) is 0 Å². The molecule has 0 spiro atoms. The van der Waals surface area contributed by atoms with Crippen molar-refractivity contribution < 1.29 is 4.74 Å². The molecule has 15 heavy (non-hydrogen) atoms. The van der Waals surface area contributed by atoms with E-state index in [0.717, 1.165) is 26.0 Å². The van der Waals surface area contributed by atoms with E-state index in [0.29, 0.717) is 18.1 Å². The van der Waals surface area contributed by atoms with Crippen LogP contribution in [-0.4, -0.2) is 25.3 Å². The third-order valence-corrected chi connectivity index (χ3v) is 3.14. The molecule has 1 N–H and O–H groups in total. The number of nitrogens with one attached hydrogen (secondary N) is 1. The van der Waals surface area contributed by atoms with Gasteiger partial charge in [0.2, 0.25) is 0 Å². The lowest BCUT2D eigenvalue weighted by Gasteiger charge is -2.26. The molecule has 3 atom stereocenters. The SMILES string of the molecule is CC#CCC(NCC)C1CCOC1CC. The topological polar surface area (TPSA) is 21.3 Å². The van der Waals surface area contributed by atoms with Crippen molar-refractivity contribution in [3.8, 4) is 11.8 Å². The molecule has 1 heterocycles. The Labute approximate surface area is 93.8 Å². The summed E-state index contributed by atoms with van der Waals surface area (Å²) in [6.45, 7) is 8.21. The van der Waals surface area contributed by atoms with Crippen LogP contribution in [0.2, 0.25) is 0 Å². The molecule has 0 aromatic heterocycles. The lowest BCUT2D eigenvalue weighted by molar-refractivity contribution is 0.0781. The van der Waals surface area contributed by atoms with Gasteiger partial charge in [0, 0.05) is 25.0 Å². The average Bonchev–Trinajstić information content (AvgIpc) is 2.72. The van der Waals surface area contributed by atoms with Crippen LogP contribution in [0, 0.1) is 17.8 Å². The Morgan fingerprint density at radius 2 is 2.27 bits per heavy atom. The highest BCUT2D eigenvalue weighted by molar-refractivity contribution is 5.01. The molecule has 1 aliphatic heterocycles. The van der Waals surface area contributed by atoms with Gasteiger partial charge in [0.05, 0.1) is 6.10 Å². The zero-order chi connectivity index (χ0) is 11.1. The molecule has 1 saturated heterocycles. The first kappa shape index (κ1) is 12.5. The summed E-state index contributed by atoms with van der Waals surface area (Å²) >= 11 is 0. The smallest absolute Gasteiger partial charge is 0.0616 e. The molecule has 1 fully saturated rings. The summed E-state index contributed by atoms with van der Waals surface area (Å²) in [5.74, 6) is 6.82. The molecular formula is C13H23NO. The summed E-state index contributed by atoms with van der Waals surface area (Å²) in [6, 6.07) is 0.509. The van der Waals surface area contributed by atoms with Gasteiger partial charge in [-0.05, 0) is 26.3 Å². The summed E-state index contributed by atoms with van der Waals surface area (Å²) in [5, 5.41) is 3.54. The summed E-state index contributed by atoms with van der Waals surface area (Å²) in [5.41, 5.74) is 0. The van der Waals surface area contributed by atoms with Gasteiger partial charge in [-0.25, -0.2) is 0 Å². The molecule has 0 amide bonds. The van der Waals surface area contributed by atoms with Crippen LogP contribution in [0.15, 0.2) is 0 Å². The molecule has 1 rings (SSSR count). The Kier molecular flexibility index (Phi) is 5.75. The van der Waals surface area contributed by atoms with Crippen molar-refractivity contribution in [1.29, 1.82) is 0 Å². The van der Waals surface area contributed by atoms with Gasteiger partial charge in [-0.1, -0.05) is 13.8 Å². The monoisotopic (exact) mass is 209 g/mol. The maximum Gasteiger partial charge on any atom is 0.0616 e. The number of ether oxygens (including phenoxy) is 1. The van der Waals surface area contributed by atoms with Crippen LogP contribution >= 0.6 is 0 Å². The maximum absolute atomic E-state index is 5.73. The molecule has 1 aliphatic rings. The molecular weight excluding hydrogens is 186 g/mol. The predicted molar refractivity (Wildman–Crippen MR) is 63.7 cm³/mol. The zero-order valence-corrected chi connectivity index (χ0v) is 10.2. The Balaban J connectivity index is 2.55. The average molecular weight is 209 g/mol. The van der Waals surface area contributed by atoms with Crippen molar-refractivity contribution in [2.45, 2.75) is 52.2 Å². The first-order chi connectivity index (χ1) is 7.33. The van der Waals surface area contributed by atoms with Crippen molar-refractivity contribution in [1.82, 2.24) is 5.32 Å². The quantitative estimate of drug-likeness (QED) is 0.701. The second-order valence-corrected chi connectivity index (χ2v) is 4.07. The van der Waals surface area contributed by atoms with Crippen LogP contribution in [0.3, 0.4) is 0 Å². The first-order valence-electron chi connectivity index (χ1n) is 6.08. The largest absolute Gasteiger partial charge is 0.378 e. The van der Waals surface area contributed by atoms with Crippen molar-refractivity contribution >= 4 is 0 Å². The molecule has 86 valence electrons. The van der Waals surface area contributed by atoms with Crippen molar-refractivity contribution in [2.24, 2.45) is 5.92 Å². The lowest BCUT2D eigenvalue weighted by atomic mass is 9.89. The van der Waals surface area contributed by atoms with Crippen LogP contribution in [0.1, 0.15) is 40.0 Å². The standard InChI is InChI=1S/C13H23NO/c1-4-7-8-12(14-6-3)11-9-10-15-13(11)5-2/h11-14H,5-6,8-10H2,1-3H3. The van der Waals surface area contributed by atoms with Crippen LogP contribution in [0.4, 0.5) is 0 Å². The van der Waals surface area contributed by atoms with E-state index in [4.69, 9.17) is 4.74 Å². The van der Waals surface area contributed by atoms with Crippen LogP contribution < -0.4 is 5.32 Å². The Bertz CT molecular complexity index is 228. The van der Waals surface area contributed by atoms with Gasteiger partial charge >= 0.3 is 0 Å². The molecule has 0 aliphatic carbocycles. The number of hydrogen-bond acceptors (Lipinski definition) is 2. The van der Waals surface area contributed by atoms with E-state index in [2.05, 4.69) is 31.0 Å². The van der Waals surface area contributed by atoms with Crippen molar-refractivity contribution in [2.75, 3.05) is 13.2 Å². The number of rotatable bonds is 5. The fraction of sp³-hybridized carbons (Fsp3) is 0.846. The van der Waals surface area contributed by atoms with Gasteiger partial charge in [0.25, 0.3) is 0 Å². The molecule has 2 heteroatoms. The van der Waals surface area contributed by atoms with Crippen LogP contribution in [0.25, 0.3) is 0 Å². The minimum Gasteiger partial charge on any atom is -0.378 e. The molecule has 0 aromatic rings. The van der Waals surface area contributed by atoms with Gasteiger partial charge in [-0.2, -0.15) is 0 Å². The van der Waals surface area contributed by atoms with E-state index < -0.39 is 0 Å². The fourth-order valence-corrected chi connectivity index (χ4v) is 2.40. The molecule has 3 unspecified atom stereocenters. The van der Waals surface area contributed by atoms with Gasteiger partial charge in [-0.3, -0.25) is 0 Å². The summed E-state index contributed by atoms with van der Waals surface area (Å²) < 4.78 is 5.73. The maximum atomic E-state index is 5.73. The minimum atomic E-state index is 0.438. The van der Waals surface area contributed by atoms with Gasteiger partial charge < -0.3 is 10.1 Å². The summed E-state index contributed by atoms with van der Waals surface area (Å²) in [4.78, 5) is 0. The second-order valence-electron chi connectivity index (χ2n) is 4.07. The van der Waals surface area contributed by atoms with Crippen LogP contribution in [-0.2, 0) is 4.74 Å². The predicted octanol–water partition coefficient (Wildman–Crippen LogP) is 2.19. The Hall–Kier alpha value is -0.520. The third-order valence-electron chi connectivity index (χ3n) is 3.14. The Morgan fingerprint density at radius 1 is 1.47 bits per heavy atom. The summed E-state index contributed by atoms with van der Waals surface area (Å²) in [6.07, 6.45) is 3.69. The third kappa shape index (κ3) is 3.52. The molecule has 0 aromatic carbocycles. The summed E-state index contributed by atoms with van der Waals surface area (Å²) in [7, 11) is 0. The zero-order valence-electron chi connectivity index (χ0n) is 10.2. The normalized spacial score (nSPS) is 27.1. The van der Waals surface area contributed by atoms with Crippen molar-refractivity contribution in [3.05, 3.63) is 0 Å².